The van der Waals surface area contributed by atoms with Crippen LogP contribution >= 0.6 is 0 Å². The maximum absolute atomic E-state index is 10.1. The van der Waals surface area contributed by atoms with Crippen molar-refractivity contribution in [3.8, 4) is 11.3 Å². The van der Waals surface area contributed by atoms with E-state index in [4.69, 9.17) is 4.52 Å². The Morgan fingerprint density at radius 2 is 1.93 bits per heavy atom. The molecular formula is C12H9NO2. The maximum atomic E-state index is 10.1. The normalized spacial score (nSPS) is 10.7. The van der Waals surface area contributed by atoms with Crippen LogP contribution in [0.1, 0.15) is 5.56 Å². The minimum absolute atomic E-state index is 0.755. The van der Waals surface area contributed by atoms with Gasteiger partial charge in [0, 0.05) is 11.6 Å². The smallest absolute Gasteiger partial charge is 0.142 e. The summed E-state index contributed by atoms with van der Waals surface area (Å²) in [7, 11) is 0. The van der Waals surface area contributed by atoms with Crippen LogP contribution in [-0.4, -0.2) is 11.4 Å². The third kappa shape index (κ3) is 2.20. The van der Waals surface area contributed by atoms with E-state index in [9.17, 15) is 4.79 Å². The van der Waals surface area contributed by atoms with E-state index in [0.717, 1.165) is 23.1 Å². The third-order valence-electron chi connectivity index (χ3n) is 2.01. The Morgan fingerprint density at radius 1 is 1.13 bits per heavy atom. The molecule has 0 radical (unpaired) electrons. The predicted octanol–water partition coefficient (Wildman–Crippen LogP) is 2.55. The van der Waals surface area contributed by atoms with Gasteiger partial charge in [-0.3, -0.25) is 4.79 Å². The van der Waals surface area contributed by atoms with Crippen LogP contribution in [-0.2, 0) is 4.79 Å². The van der Waals surface area contributed by atoms with Gasteiger partial charge in [-0.1, -0.05) is 35.5 Å². The first-order valence-corrected chi connectivity index (χ1v) is 4.53. The van der Waals surface area contributed by atoms with Crippen molar-refractivity contribution in [2.24, 2.45) is 0 Å². The lowest BCUT2D eigenvalue weighted by Gasteiger charge is -1.96. The SMILES string of the molecule is O=C/C=C/c1ccc(-c2ccon2)cc1. The second kappa shape index (κ2) is 4.37. The molecule has 0 amide bonds. The van der Waals surface area contributed by atoms with Gasteiger partial charge in [0.15, 0.2) is 0 Å². The summed E-state index contributed by atoms with van der Waals surface area (Å²) in [6, 6.07) is 9.51. The van der Waals surface area contributed by atoms with Crippen molar-refractivity contribution in [3.63, 3.8) is 0 Å². The molecule has 1 heterocycles. The van der Waals surface area contributed by atoms with E-state index in [2.05, 4.69) is 5.16 Å². The molecule has 3 heteroatoms. The van der Waals surface area contributed by atoms with Gasteiger partial charge in [-0.05, 0) is 11.6 Å². The van der Waals surface area contributed by atoms with Crippen LogP contribution in [0.4, 0.5) is 0 Å². The first-order chi connectivity index (χ1) is 7.40. The molecule has 0 unspecified atom stereocenters. The van der Waals surface area contributed by atoms with E-state index >= 15 is 0 Å². The summed E-state index contributed by atoms with van der Waals surface area (Å²) in [5.74, 6) is 0. The first-order valence-electron chi connectivity index (χ1n) is 4.53. The molecule has 0 saturated carbocycles. The molecule has 1 aromatic carbocycles. The molecular weight excluding hydrogens is 190 g/mol. The Hall–Kier alpha value is -2.16. The van der Waals surface area contributed by atoms with E-state index in [1.165, 1.54) is 12.3 Å². The fourth-order valence-electron chi connectivity index (χ4n) is 1.28. The van der Waals surface area contributed by atoms with Gasteiger partial charge in [0.1, 0.15) is 18.2 Å². The Morgan fingerprint density at radius 3 is 2.53 bits per heavy atom. The van der Waals surface area contributed by atoms with Crippen LogP contribution in [0.3, 0.4) is 0 Å². The molecule has 15 heavy (non-hydrogen) atoms. The van der Waals surface area contributed by atoms with Crippen LogP contribution in [0.5, 0.6) is 0 Å². The molecule has 2 rings (SSSR count). The van der Waals surface area contributed by atoms with Crippen molar-refractivity contribution in [1.82, 2.24) is 5.16 Å². The molecule has 1 aromatic heterocycles. The van der Waals surface area contributed by atoms with Crippen LogP contribution in [0.25, 0.3) is 17.3 Å². The number of hydrogen-bond acceptors (Lipinski definition) is 3. The van der Waals surface area contributed by atoms with Gasteiger partial charge >= 0.3 is 0 Å². The van der Waals surface area contributed by atoms with E-state index in [1.807, 2.05) is 24.3 Å². The van der Waals surface area contributed by atoms with E-state index in [-0.39, 0.29) is 0 Å². The molecule has 0 aliphatic heterocycles. The number of carbonyl (C=O) groups excluding carboxylic acids is 1. The summed E-state index contributed by atoms with van der Waals surface area (Å²) in [5.41, 5.74) is 2.78. The maximum Gasteiger partial charge on any atom is 0.142 e. The Kier molecular flexibility index (Phi) is 2.74. The molecule has 0 fully saturated rings. The zero-order valence-corrected chi connectivity index (χ0v) is 7.96. The van der Waals surface area contributed by atoms with Crippen molar-refractivity contribution in [1.29, 1.82) is 0 Å². The van der Waals surface area contributed by atoms with Gasteiger partial charge in [-0.2, -0.15) is 0 Å². The van der Waals surface area contributed by atoms with Crippen molar-refractivity contribution >= 4 is 12.4 Å². The standard InChI is InChI=1S/C12H9NO2/c14-8-1-2-10-3-5-11(6-4-10)12-7-9-15-13-12/h1-9H/b2-1+. The van der Waals surface area contributed by atoms with Crippen molar-refractivity contribution < 1.29 is 9.32 Å². The Labute approximate surface area is 87.0 Å². The predicted molar refractivity (Wildman–Crippen MR) is 57.0 cm³/mol. The number of aldehydes is 1. The molecule has 0 N–H and O–H groups in total. The number of allylic oxidation sites excluding steroid dienone is 1. The summed E-state index contributed by atoms with van der Waals surface area (Å²) in [5, 5.41) is 3.83. The first kappa shape index (κ1) is 9.40. The second-order valence-electron chi connectivity index (χ2n) is 3.00. The quantitative estimate of drug-likeness (QED) is 0.563. The highest BCUT2D eigenvalue weighted by molar-refractivity contribution is 5.74. The lowest BCUT2D eigenvalue weighted by molar-refractivity contribution is -0.104. The van der Waals surface area contributed by atoms with Gasteiger partial charge in [0.05, 0.1) is 0 Å². The molecule has 0 aliphatic carbocycles. The molecule has 0 aliphatic rings. The fourth-order valence-corrected chi connectivity index (χ4v) is 1.28. The van der Waals surface area contributed by atoms with E-state index < -0.39 is 0 Å². The zero-order chi connectivity index (χ0) is 10.5. The largest absolute Gasteiger partial charge is 0.364 e. The average molecular weight is 199 g/mol. The van der Waals surface area contributed by atoms with Gasteiger partial charge in [0.25, 0.3) is 0 Å². The number of nitrogens with zero attached hydrogens (tertiary/aromatic N) is 1. The second-order valence-corrected chi connectivity index (χ2v) is 3.00. The summed E-state index contributed by atoms with van der Waals surface area (Å²) in [4.78, 5) is 10.1. The monoisotopic (exact) mass is 199 g/mol. The lowest BCUT2D eigenvalue weighted by atomic mass is 10.1. The van der Waals surface area contributed by atoms with Crippen LogP contribution < -0.4 is 0 Å². The molecule has 74 valence electrons. The molecule has 0 bridgehead atoms. The highest BCUT2D eigenvalue weighted by Crippen LogP contribution is 2.17. The van der Waals surface area contributed by atoms with Gasteiger partial charge in [0.2, 0.25) is 0 Å². The summed E-state index contributed by atoms with van der Waals surface area (Å²) in [6.07, 6.45) is 5.51. The summed E-state index contributed by atoms with van der Waals surface area (Å²) >= 11 is 0. The highest BCUT2D eigenvalue weighted by Gasteiger charge is 1.99. The minimum atomic E-state index is 0.755. The highest BCUT2D eigenvalue weighted by atomic mass is 16.5. The zero-order valence-electron chi connectivity index (χ0n) is 7.96. The Balaban J connectivity index is 2.24. The van der Waals surface area contributed by atoms with Crippen molar-refractivity contribution in [2.75, 3.05) is 0 Å². The van der Waals surface area contributed by atoms with Gasteiger partial charge < -0.3 is 4.52 Å². The van der Waals surface area contributed by atoms with Crippen molar-refractivity contribution in [2.45, 2.75) is 0 Å². The Bertz CT molecular complexity index is 455. The number of carbonyl (C=O) groups is 1. The summed E-state index contributed by atoms with van der Waals surface area (Å²) < 4.78 is 4.75. The number of aromatic nitrogens is 1. The van der Waals surface area contributed by atoms with Crippen molar-refractivity contribution in [3.05, 3.63) is 48.2 Å². The van der Waals surface area contributed by atoms with E-state index in [0.29, 0.717) is 0 Å². The summed E-state index contributed by atoms with van der Waals surface area (Å²) in [6.45, 7) is 0. The lowest BCUT2D eigenvalue weighted by Crippen LogP contribution is -1.77. The number of hydrogen-bond donors (Lipinski definition) is 0. The molecule has 2 aromatic rings. The topological polar surface area (TPSA) is 43.1 Å². The van der Waals surface area contributed by atoms with Crippen LogP contribution in [0.2, 0.25) is 0 Å². The van der Waals surface area contributed by atoms with Crippen LogP contribution in [0, 0.1) is 0 Å². The third-order valence-corrected chi connectivity index (χ3v) is 2.01. The van der Waals surface area contributed by atoms with Gasteiger partial charge in [-0.15, -0.1) is 0 Å². The molecule has 3 nitrogen and oxygen atoms in total. The molecule has 0 atom stereocenters. The fraction of sp³-hybridized carbons (Fsp3) is 0. The number of rotatable bonds is 3. The van der Waals surface area contributed by atoms with Crippen LogP contribution in [0.15, 0.2) is 47.2 Å². The van der Waals surface area contributed by atoms with Gasteiger partial charge in [-0.25, -0.2) is 0 Å². The van der Waals surface area contributed by atoms with E-state index in [1.54, 1.807) is 12.1 Å². The number of benzene rings is 1. The minimum Gasteiger partial charge on any atom is -0.364 e. The average Bonchev–Trinajstić information content (AvgIpc) is 2.80. The molecule has 0 spiro atoms. The molecule has 0 saturated heterocycles.